The highest BCUT2D eigenvalue weighted by Crippen LogP contribution is 2.27. The lowest BCUT2D eigenvalue weighted by molar-refractivity contribution is 0.123. The molecular formula is C16H33N3O3S. The van der Waals surface area contributed by atoms with Crippen LogP contribution in [-0.4, -0.2) is 67.7 Å². The molecule has 0 bridgehead atoms. The first-order valence-electron chi connectivity index (χ1n) is 8.53. The molecule has 23 heavy (non-hydrogen) atoms. The number of aliphatic hydroxyl groups is 1. The first kappa shape index (κ1) is 20.2. The molecule has 0 aromatic carbocycles. The van der Waals surface area contributed by atoms with E-state index in [1.807, 2.05) is 11.8 Å². The zero-order valence-electron chi connectivity index (χ0n) is 15.2. The van der Waals surface area contributed by atoms with Crippen LogP contribution >= 0.6 is 0 Å². The number of guanidine groups is 1. The minimum Gasteiger partial charge on any atom is -0.396 e. The summed E-state index contributed by atoms with van der Waals surface area (Å²) < 4.78 is 23.6. The van der Waals surface area contributed by atoms with Crippen LogP contribution in [0.5, 0.6) is 0 Å². The van der Waals surface area contributed by atoms with Gasteiger partial charge in [0.15, 0.2) is 15.8 Å². The Bertz CT molecular complexity index is 502. The molecule has 1 heterocycles. The van der Waals surface area contributed by atoms with Crippen LogP contribution in [-0.2, 0) is 9.84 Å². The molecular weight excluding hydrogens is 314 g/mol. The molecule has 0 aliphatic carbocycles. The van der Waals surface area contributed by atoms with Gasteiger partial charge in [-0.3, -0.25) is 4.99 Å². The largest absolute Gasteiger partial charge is 0.396 e. The number of nitrogens with zero attached hydrogens (tertiary/aromatic N) is 2. The third kappa shape index (κ3) is 4.59. The first-order chi connectivity index (χ1) is 10.7. The van der Waals surface area contributed by atoms with Crippen LogP contribution in [0.25, 0.3) is 0 Å². The van der Waals surface area contributed by atoms with Crippen LogP contribution < -0.4 is 5.32 Å². The second kappa shape index (κ2) is 7.83. The average Bonchev–Trinajstić information content (AvgIpc) is 2.51. The van der Waals surface area contributed by atoms with E-state index in [4.69, 9.17) is 4.99 Å². The third-order valence-corrected chi connectivity index (χ3v) is 7.61. The predicted molar refractivity (Wildman–Crippen MR) is 95.5 cm³/mol. The van der Waals surface area contributed by atoms with Gasteiger partial charge in [0, 0.05) is 25.0 Å². The van der Waals surface area contributed by atoms with Crippen molar-refractivity contribution in [2.45, 2.75) is 52.2 Å². The van der Waals surface area contributed by atoms with Gasteiger partial charge in [-0.05, 0) is 33.6 Å². The molecule has 1 rings (SSSR count). The van der Waals surface area contributed by atoms with Gasteiger partial charge in [-0.2, -0.15) is 0 Å². The Morgan fingerprint density at radius 1 is 1.30 bits per heavy atom. The SMILES string of the molecule is CCNC(=NCC(CC)(CC)CO)N1CCS(=O)(=O)C(C)(C)C1. The molecule has 0 spiro atoms. The van der Waals surface area contributed by atoms with Crippen LogP contribution in [0, 0.1) is 5.41 Å². The molecule has 6 nitrogen and oxygen atoms in total. The number of hydrogen-bond acceptors (Lipinski definition) is 4. The summed E-state index contributed by atoms with van der Waals surface area (Å²) in [6.07, 6.45) is 1.73. The van der Waals surface area contributed by atoms with Gasteiger partial charge < -0.3 is 15.3 Å². The second-order valence-electron chi connectivity index (χ2n) is 7.04. The van der Waals surface area contributed by atoms with Gasteiger partial charge in [0.1, 0.15) is 0 Å². The molecule has 7 heteroatoms. The van der Waals surface area contributed by atoms with Crippen molar-refractivity contribution >= 4 is 15.8 Å². The molecule has 1 aliphatic rings. The van der Waals surface area contributed by atoms with E-state index in [1.165, 1.54) is 0 Å². The summed E-state index contributed by atoms with van der Waals surface area (Å²) in [5, 5.41) is 13.0. The van der Waals surface area contributed by atoms with Crippen molar-refractivity contribution in [3.05, 3.63) is 0 Å². The van der Waals surface area contributed by atoms with Crippen LogP contribution in [0.15, 0.2) is 4.99 Å². The van der Waals surface area contributed by atoms with Gasteiger partial charge >= 0.3 is 0 Å². The van der Waals surface area contributed by atoms with Crippen molar-refractivity contribution in [1.29, 1.82) is 0 Å². The lowest BCUT2D eigenvalue weighted by Crippen LogP contribution is -2.57. The number of sulfone groups is 1. The Labute approximate surface area is 141 Å². The van der Waals surface area contributed by atoms with Gasteiger partial charge in [0.25, 0.3) is 0 Å². The fourth-order valence-corrected chi connectivity index (χ4v) is 4.11. The van der Waals surface area contributed by atoms with E-state index < -0.39 is 14.6 Å². The lowest BCUT2D eigenvalue weighted by atomic mass is 9.83. The molecule has 1 saturated heterocycles. The van der Waals surface area contributed by atoms with Crippen LogP contribution in [0.1, 0.15) is 47.5 Å². The fraction of sp³-hybridized carbons (Fsp3) is 0.938. The molecule has 0 aromatic rings. The normalized spacial score (nSPS) is 21.3. The molecule has 0 aromatic heterocycles. The van der Waals surface area contributed by atoms with Crippen molar-refractivity contribution in [2.24, 2.45) is 10.4 Å². The maximum Gasteiger partial charge on any atom is 0.194 e. The minimum atomic E-state index is -3.06. The molecule has 0 radical (unpaired) electrons. The monoisotopic (exact) mass is 347 g/mol. The summed E-state index contributed by atoms with van der Waals surface area (Å²) in [5.41, 5.74) is -0.196. The van der Waals surface area contributed by atoms with E-state index in [9.17, 15) is 13.5 Å². The Hall–Kier alpha value is -0.820. The van der Waals surface area contributed by atoms with Gasteiger partial charge in [-0.15, -0.1) is 0 Å². The van der Waals surface area contributed by atoms with E-state index in [0.29, 0.717) is 19.6 Å². The molecule has 2 N–H and O–H groups in total. The quantitative estimate of drug-likeness (QED) is 0.558. The number of aliphatic hydroxyl groups excluding tert-OH is 1. The summed E-state index contributed by atoms with van der Waals surface area (Å²) in [6.45, 7) is 12.0. The van der Waals surface area contributed by atoms with Crippen molar-refractivity contribution in [3.8, 4) is 0 Å². The smallest absolute Gasteiger partial charge is 0.194 e. The second-order valence-corrected chi connectivity index (χ2v) is 9.78. The fourth-order valence-electron chi connectivity index (χ4n) is 2.74. The Kier molecular flexibility index (Phi) is 6.89. The average molecular weight is 348 g/mol. The topological polar surface area (TPSA) is 82.0 Å². The summed E-state index contributed by atoms with van der Waals surface area (Å²) in [6, 6.07) is 0. The van der Waals surface area contributed by atoms with E-state index in [2.05, 4.69) is 19.2 Å². The first-order valence-corrected chi connectivity index (χ1v) is 10.2. The van der Waals surface area contributed by atoms with E-state index >= 15 is 0 Å². The van der Waals surface area contributed by atoms with Gasteiger partial charge in [0.2, 0.25) is 0 Å². The van der Waals surface area contributed by atoms with Crippen LogP contribution in [0.3, 0.4) is 0 Å². The highest BCUT2D eigenvalue weighted by molar-refractivity contribution is 7.92. The van der Waals surface area contributed by atoms with Crippen molar-refractivity contribution in [1.82, 2.24) is 10.2 Å². The van der Waals surface area contributed by atoms with Crippen LogP contribution in [0.4, 0.5) is 0 Å². The van der Waals surface area contributed by atoms with Gasteiger partial charge in [0.05, 0.1) is 23.7 Å². The molecule has 0 amide bonds. The highest BCUT2D eigenvalue weighted by Gasteiger charge is 2.41. The summed E-state index contributed by atoms with van der Waals surface area (Å²) >= 11 is 0. The van der Waals surface area contributed by atoms with E-state index in [1.54, 1.807) is 13.8 Å². The van der Waals surface area contributed by atoms with Crippen LogP contribution in [0.2, 0.25) is 0 Å². The number of aliphatic imine (C=N–C) groups is 1. The van der Waals surface area contributed by atoms with Crippen molar-refractivity contribution in [2.75, 3.05) is 38.5 Å². The molecule has 0 atom stereocenters. The molecule has 0 saturated carbocycles. The number of hydrogen-bond donors (Lipinski definition) is 2. The maximum absolute atomic E-state index is 12.2. The Balaban J connectivity index is 2.97. The standard InChI is InChI=1S/C16H33N3O3S/c1-6-16(7-2,13-20)11-18-14(17-8-3)19-9-10-23(21,22)15(4,5)12-19/h20H,6-13H2,1-5H3,(H,17,18). The Morgan fingerprint density at radius 3 is 2.35 bits per heavy atom. The molecule has 1 fully saturated rings. The molecule has 136 valence electrons. The van der Waals surface area contributed by atoms with Gasteiger partial charge in [-0.1, -0.05) is 13.8 Å². The van der Waals surface area contributed by atoms with Crippen molar-refractivity contribution < 1.29 is 13.5 Å². The third-order valence-electron chi connectivity index (χ3n) is 5.08. The lowest BCUT2D eigenvalue weighted by Gasteiger charge is -2.39. The predicted octanol–water partition coefficient (Wildman–Crippen LogP) is 1.26. The number of nitrogens with one attached hydrogen (secondary N) is 1. The molecule has 0 unspecified atom stereocenters. The zero-order chi connectivity index (χ0) is 17.7. The van der Waals surface area contributed by atoms with E-state index in [0.717, 1.165) is 25.3 Å². The zero-order valence-corrected chi connectivity index (χ0v) is 16.0. The summed E-state index contributed by atoms with van der Waals surface area (Å²) in [5.74, 6) is 0.895. The summed E-state index contributed by atoms with van der Waals surface area (Å²) in [7, 11) is -3.06. The Morgan fingerprint density at radius 2 is 1.91 bits per heavy atom. The highest BCUT2D eigenvalue weighted by atomic mass is 32.2. The summed E-state index contributed by atoms with van der Waals surface area (Å²) in [4.78, 5) is 6.74. The van der Waals surface area contributed by atoms with Gasteiger partial charge in [-0.25, -0.2) is 8.42 Å². The molecule has 1 aliphatic heterocycles. The number of rotatable bonds is 6. The maximum atomic E-state index is 12.2. The van der Waals surface area contributed by atoms with Crippen molar-refractivity contribution in [3.63, 3.8) is 0 Å². The minimum absolute atomic E-state index is 0.114. The van der Waals surface area contributed by atoms with E-state index in [-0.39, 0.29) is 17.8 Å².